The van der Waals surface area contributed by atoms with Gasteiger partial charge in [0.2, 0.25) is 0 Å². The number of benzene rings is 3. The van der Waals surface area contributed by atoms with Crippen LogP contribution in [-0.2, 0) is 19.4 Å². The first kappa shape index (κ1) is 18.9. The number of nitrogens with one attached hydrogen (secondary N) is 1. The summed E-state index contributed by atoms with van der Waals surface area (Å²) < 4.78 is 6.04. The first-order valence-electron chi connectivity index (χ1n) is 10.2. The molecule has 0 radical (unpaired) electrons. The van der Waals surface area contributed by atoms with Crippen molar-refractivity contribution >= 4 is 10.9 Å². The molecule has 0 amide bonds. The Morgan fingerprint density at radius 3 is 2.48 bits per heavy atom. The van der Waals surface area contributed by atoms with Crippen molar-refractivity contribution in [2.75, 3.05) is 0 Å². The molecule has 0 saturated heterocycles. The van der Waals surface area contributed by atoms with Crippen LogP contribution in [0.25, 0.3) is 10.9 Å². The zero-order valence-corrected chi connectivity index (χ0v) is 16.9. The highest BCUT2D eigenvalue weighted by Crippen LogP contribution is 2.21. The van der Waals surface area contributed by atoms with Gasteiger partial charge in [-0.3, -0.25) is 0 Å². The summed E-state index contributed by atoms with van der Waals surface area (Å²) >= 11 is 0. The molecule has 0 aliphatic heterocycles. The van der Waals surface area contributed by atoms with Gasteiger partial charge >= 0.3 is 0 Å². The van der Waals surface area contributed by atoms with Crippen LogP contribution in [0.1, 0.15) is 28.2 Å². The maximum Gasteiger partial charge on any atom is 0.152 e. The number of rotatable bonds is 7. The highest BCUT2D eigenvalue weighted by Gasteiger charge is 2.08. The molecule has 0 bridgehead atoms. The van der Waals surface area contributed by atoms with E-state index in [1.165, 1.54) is 16.7 Å². The molecule has 0 atom stereocenters. The molecule has 3 aromatic carbocycles. The number of H-pyrrole nitrogens is 1. The van der Waals surface area contributed by atoms with Gasteiger partial charge < -0.3 is 4.74 Å². The van der Waals surface area contributed by atoms with Crippen molar-refractivity contribution in [3.05, 3.63) is 113 Å². The van der Waals surface area contributed by atoms with E-state index in [9.17, 15) is 0 Å². The zero-order valence-electron chi connectivity index (χ0n) is 16.9. The van der Waals surface area contributed by atoms with E-state index in [0.29, 0.717) is 13.0 Å². The summed E-state index contributed by atoms with van der Waals surface area (Å²) in [6.07, 6.45) is 1.48. The predicted molar refractivity (Wildman–Crippen MR) is 119 cm³/mol. The lowest BCUT2D eigenvalue weighted by Gasteiger charge is -2.11. The summed E-state index contributed by atoms with van der Waals surface area (Å²) in [5, 5.41) is 15.3. The molecular weight excluding hydrogens is 386 g/mol. The number of hydrogen-bond donors (Lipinski definition) is 1. The average Bonchev–Trinajstić information content (AvgIpc) is 3.32. The van der Waals surface area contributed by atoms with Gasteiger partial charge in [-0.25, -0.2) is 10.1 Å². The lowest BCUT2D eigenvalue weighted by molar-refractivity contribution is 0.301. The minimum atomic E-state index is 0.434. The number of hydrogen-bond acceptors (Lipinski definition) is 5. The van der Waals surface area contributed by atoms with Gasteiger partial charge in [-0.2, -0.15) is 0 Å². The maximum atomic E-state index is 6.04. The van der Waals surface area contributed by atoms with Gasteiger partial charge in [0, 0.05) is 11.8 Å². The quantitative estimate of drug-likeness (QED) is 0.430. The number of aromatic nitrogens is 5. The Hall–Kier alpha value is -4.06. The van der Waals surface area contributed by atoms with E-state index in [4.69, 9.17) is 4.74 Å². The Kier molecular flexibility index (Phi) is 5.35. The fraction of sp³-hybridized carbons (Fsp3) is 0.120. The van der Waals surface area contributed by atoms with E-state index in [-0.39, 0.29) is 0 Å². The number of para-hydroxylation sites is 1. The highest BCUT2D eigenvalue weighted by molar-refractivity contribution is 5.78. The summed E-state index contributed by atoms with van der Waals surface area (Å²) in [5.74, 6) is 1.59. The van der Waals surface area contributed by atoms with Crippen LogP contribution in [0.5, 0.6) is 5.75 Å². The van der Waals surface area contributed by atoms with Crippen molar-refractivity contribution in [1.82, 2.24) is 25.6 Å². The Balaban J connectivity index is 1.29. The van der Waals surface area contributed by atoms with E-state index >= 15 is 0 Å². The lowest BCUT2D eigenvalue weighted by atomic mass is 9.97. The van der Waals surface area contributed by atoms with E-state index in [0.717, 1.165) is 34.6 Å². The van der Waals surface area contributed by atoms with Crippen LogP contribution in [0.15, 0.2) is 84.9 Å². The van der Waals surface area contributed by atoms with Crippen molar-refractivity contribution in [3.63, 3.8) is 0 Å². The summed E-state index contributed by atoms with van der Waals surface area (Å²) in [6.45, 7) is 0.434. The van der Waals surface area contributed by atoms with Crippen LogP contribution in [0.4, 0.5) is 0 Å². The summed E-state index contributed by atoms with van der Waals surface area (Å²) in [6, 6.07) is 28.8. The molecule has 6 heteroatoms. The molecular formula is C25H21N5O. The van der Waals surface area contributed by atoms with Crippen LogP contribution in [0.3, 0.4) is 0 Å². The van der Waals surface area contributed by atoms with Crippen molar-refractivity contribution in [1.29, 1.82) is 0 Å². The fourth-order valence-corrected chi connectivity index (χ4v) is 3.65. The molecule has 0 unspecified atom stereocenters. The molecule has 0 aliphatic rings. The second-order valence-electron chi connectivity index (χ2n) is 7.40. The van der Waals surface area contributed by atoms with E-state index < -0.39 is 0 Å². The number of nitrogens with zero attached hydrogens (tertiary/aromatic N) is 4. The number of tetrazole rings is 1. The van der Waals surface area contributed by atoms with Gasteiger partial charge in [0.15, 0.2) is 5.82 Å². The Morgan fingerprint density at radius 2 is 1.61 bits per heavy atom. The molecule has 0 aliphatic carbocycles. The average molecular weight is 407 g/mol. The molecule has 1 N–H and O–H groups in total. The number of ether oxygens (including phenoxy) is 1. The fourth-order valence-electron chi connectivity index (χ4n) is 3.65. The van der Waals surface area contributed by atoms with Gasteiger partial charge in [-0.1, -0.05) is 60.7 Å². The number of pyridine rings is 1. The van der Waals surface area contributed by atoms with Crippen molar-refractivity contribution < 1.29 is 4.74 Å². The highest BCUT2D eigenvalue weighted by atomic mass is 16.5. The van der Waals surface area contributed by atoms with Crippen LogP contribution < -0.4 is 4.74 Å². The van der Waals surface area contributed by atoms with Gasteiger partial charge in [0.05, 0.1) is 11.2 Å². The molecule has 152 valence electrons. The topological polar surface area (TPSA) is 76.6 Å². The minimum Gasteiger partial charge on any atom is -0.487 e. The molecule has 0 spiro atoms. The zero-order chi connectivity index (χ0) is 20.9. The standard InChI is InChI=1S/C25H21N5O/c1-2-9-21(16-25-27-29-30-28-25)20(8-1)14-18-6-5-10-23(15-18)31-17-22-13-12-19-7-3-4-11-24(19)26-22/h1-13,15H,14,16-17H2,(H,27,28,29,30). The van der Waals surface area contributed by atoms with Gasteiger partial charge in [0.25, 0.3) is 0 Å². The van der Waals surface area contributed by atoms with Crippen LogP contribution in [0.2, 0.25) is 0 Å². The SMILES string of the molecule is c1cc(Cc2ccccc2Cc2nnn[nH]2)cc(OCc2ccc3ccccc3n2)c1. The van der Waals surface area contributed by atoms with Gasteiger partial charge in [-0.15, -0.1) is 5.10 Å². The third-order valence-corrected chi connectivity index (χ3v) is 5.20. The second-order valence-corrected chi connectivity index (χ2v) is 7.40. The van der Waals surface area contributed by atoms with Crippen LogP contribution in [0, 0.1) is 0 Å². The smallest absolute Gasteiger partial charge is 0.152 e. The Bertz CT molecular complexity index is 1300. The summed E-state index contributed by atoms with van der Waals surface area (Å²) in [4.78, 5) is 4.68. The Labute approximate surface area is 179 Å². The van der Waals surface area contributed by atoms with E-state index in [1.54, 1.807) is 0 Å². The largest absolute Gasteiger partial charge is 0.487 e. The molecule has 0 fully saturated rings. The second kappa shape index (κ2) is 8.75. The number of aromatic amines is 1. The summed E-state index contributed by atoms with van der Waals surface area (Å²) in [5.41, 5.74) is 5.53. The van der Waals surface area contributed by atoms with Crippen molar-refractivity contribution in [2.24, 2.45) is 0 Å². The van der Waals surface area contributed by atoms with Crippen molar-refractivity contribution in [3.8, 4) is 5.75 Å². The van der Waals surface area contributed by atoms with Gasteiger partial charge in [-0.05, 0) is 57.8 Å². The monoisotopic (exact) mass is 407 g/mol. The molecule has 2 heterocycles. The summed E-state index contributed by atoms with van der Waals surface area (Å²) in [7, 11) is 0. The first-order valence-corrected chi connectivity index (χ1v) is 10.2. The lowest BCUT2D eigenvalue weighted by Crippen LogP contribution is -2.00. The molecule has 5 rings (SSSR count). The molecule has 5 aromatic rings. The molecule has 0 saturated carbocycles. The minimum absolute atomic E-state index is 0.434. The number of fused-ring (bicyclic) bond motifs is 1. The predicted octanol–water partition coefficient (Wildman–Crippen LogP) is 4.51. The molecule has 2 aromatic heterocycles. The molecule has 6 nitrogen and oxygen atoms in total. The Morgan fingerprint density at radius 1 is 0.774 bits per heavy atom. The first-order chi connectivity index (χ1) is 15.3. The third kappa shape index (κ3) is 4.59. The normalized spacial score (nSPS) is 11.0. The van der Waals surface area contributed by atoms with Crippen molar-refractivity contribution in [2.45, 2.75) is 19.4 Å². The van der Waals surface area contributed by atoms with Crippen LogP contribution >= 0.6 is 0 Å². The van der Waals surface area contributed by atoms with Gasteiger partial charge in [0.1, 0.15) is 12.4 Å². The third-order valence-electron chi connectivity index (χ3n) is 5.20. The van der Waals surface area contributed by atoms with E-state index in [1.807, 2.05) is 42.5 Å². The van der Waals surface area contributed by atoms with E-state index in [2.05, 4.69) is 68.1 Å². The maximum absolute atomic E-state index is 6.04. The van der Waals surface area contributed by atoms with Crippen LogP contribution in [-0.4, -0.2) is 25.6 Å². The molecule has 31 heavy (non-hydrogen) atoms.